The van der Waals surface area contributed by atoms with Gasteiger partial charge in [0.15, 0.2) is 0 Å². The summed E-state index contributed by atoms with van der Waals surface area (Å²) in [6, 6.07) is 2.47. The molecule has 1 aliphatic heterocycles. The maximum absolute atomic E-state index is 10.0. The number of piperidine rings is 1. The molecule has 0 bridgehead atoms. The van der Waals surface area contributed by atoms with E-state index < -0.39 is 0 Å². The molecule has 4 heteroatoms. The molecular weight excluding hydrogens is 244 g/mol. The molecule has 2 rings (SSSR count). The number of thiophene rings is 1. The molecule has 1 aliphatic rings. The van der Waals surface area contributed by atoms with Crippen LogP contribution in [0.25, 0.3) is 0 Å². The van der Waals surface area contributed by atoms with Gasteiger partial charge in [-0.3, -0.25) is 0 Å². The van der Waals surface area contributed by atoms with Crippen LogP contribution in [0.2, 0.25) is 0 Å². The summed E-state index contributed by atoms with van der Waals surface area (Å²) in [6.45, 7) is 5.28. The van der Waals surface area contributed by atoms with Crippen molar-refractivity contribution in [2.75, 3.05) is 26.7 Å². The van der Waals surface area contributed by atoms with E-state index >= 15 is 0 Å². The molecule has 3 unspecified atom stereocenters. The quantitative estimate of drug-likeness (QED) is 0.858. The maximum atomic E-state index is 10.0. The van der Waals surface area contributed by atoms with Crippen LogP contribution in [0.15, 0.2) is 16.8 Å². The Bertz CT molecular complexity index is 342. The van der Waals surface area contributed by atoms with Gasteiger partial charge in [-0.2, -0.15) is 11.3 Å². The van der Waals surface area contributed by atoms with E-state index in [0.717, 1.165) is 5.56 Å². The van der Waals surface area contributed by atoms with Crippen LogP contribution >= 0.6 is 11.3 Å². The Balaban J connectivity index is 1.75. The third-order valence-electron chi connectivity index (χ3n) is 3.93. The summed E-state index contributed by atoms with van der Waals surface area (Å²) in [5, 5.41) is 17.6. The van der Waals surface area contributed by atoms with Crippen molar-refractivity contribution in [3.63, 3.8) is 0 Å². The summed E-state index contributed by atoms with van der Waals surface area (Å²) in [7, 11) is 2.19. The molecule has 2 N–H and O–H groups in total. The summed E-state index contributed by atoms with van der Waals surface area (Å²) in [5.41, 5.74) is 1.03. The van der Waals surface area contributed by atoms with E-state index in [9.17, 15) is 5.11 Å². The second-order valence-electron chi connectivity index (χ2n) is 5.43. The first-order valence-electron chi connectivity index (χ1n) is 6.79. The van der Waals surface area contributed by atoms with Crippen LogP contribution in [0.4, 0.5) is 0 Å². The van der Waals surface area contributed by atoms with Gasteiger partial charge in [-0.1, -0.05) is 0 Å². The second-order valence-corrected chi connectivity index (χ2v) is 6.21. The van der Waals surface area contributed by atoms with Gasteiger partial charge in [0.25, 0.3) is 0 Å². The van der Waals surface area contributed by atoms with E-state index in [-0.39, 0.29) is 6.10 Å². The maximum Gasteiger partial charge on any atom is 0.0922 e. The highest BCUT2D eigenvalue weighted by Gasteiger charge is 2.23. The molecule has 0 aromatic carbocycles. The number of rotatable bonds is 5. The first-order valence-corrected chi connectivity index (χ1v) is 7.73. The molecule has 0 amide bonds. The fraction of sp³-hybridized carbons (Fsp3) is 0.714. The normalized spacial score (nSPS) is 24.9. The molecule has 0 saturated carbocycles. The molecule has 1 saturated heterocycles. The van der Waals surface area contributed by atoms with Crippen LogP contribution in [0.5, 0.6) is 0 Å². The van der Waals surface area contributed by atoms with Crippen LogP contribution in [0, 0.1) is 5.92 Å². The van der Waals surface area contributed by atoms with Gasteiger partial charge >= 0.3 is 0 Å². The summed E-state index contributed by atoms with van der Waals surface area (Å²) < 4.78 is 0. The lowest BCUT2D eigenvalue weighted by atomic mass is 9.92. The molecule has 18 heavy (non-hydrogen) atoms. The molecule has 3 nitrogen and oxygen atoms in total. The van der Waals surface area contributed by atoms with Gasteiger partial charge in [0, 0.05) is 19.1 Å². The van der Waals surface area contributed by atoms with Gasteiger partial charge in [0.05, 0.1) is 6.10 Å². The van der Waals surface area contributed by atoms with Gasteiger partial charge in [-0.15, -0.1) is 0 Å². The van der Waals surface area contributed by atoms with Crippen molar-refractivity contribution >= 4 is 11.3 Å². The fourth-order valence-corrected chi connectivity index (χ4v) is 3.37. The molecule has 0 spiro atoms. The number of aliphatic hydroxyl groups is 1. The number of hydrogen-bond donors (Lipinski definition) is 2. The highest BCUT2D eigenvalue weighted by Crippen LogP contribution is 2.20. The first kappa shape index (κ1) is 14.0. The third kappa shape index (κ3) is 3.79. The predicted octanol–water partition coefficient (Wildman–Crippen LogP) is 2.10. The first-order chi connectivity index (χ1) is 8.66. The number of nitrogens with one attached hydrogen (secondary N) is 1. The monoisotopic (exact) mass is 268 g/mol. The minimum absolute atomic E-state index is 0.375. The van der Waals surface area contributed by atoms with Gasteiger partial charge in [0.2, 0.25) is 0 Å². The van der Waals surface area contributed by atoms with Crippen molar-refractivity contribution in [2.45, 2.75) is 31.9 Å². The smallest absolute Gasteiger partial charge is 0.0922 e. The third-order valence-corrected chi connectivity index (χ3v) is 4.63. The molecule has 2 heterocycles. The number of nitrogens with zero attached hydrogens (tertiary/aromatic N) is 1. The molecule has 0 aliphatic carbocycles. The molecule has 1 fully saturated rings. The minimum atomic E-state index is -0.375. The summed E-state index contributed by atoms with van der Waals surface area (Å²) in [6.07, 6.45) is 2.22. The number of aliphatic hydroxyl groups excluding tert-OH is 1. The lowest BCUT2D eigenvalue weighted by Crippen LogP contribution is -2.44. The molecule has 1 aromatic heterocycles. The fourth-order valence-electron chi connectivity index (χ4n) is 2.66. The topological polar surface area (TPSA) is 35.5 Å². The van der Waals surface area contributed by atoms with Crippen molar-refractivity contribution in [3.05, 3.63) is 22.4 Å². The molecule has 1 aromatic rings. The van der Waals surface area contributed by atoms with E-state index in [4.69, 9.17) is 0 Å². The second kappa shape index (κ2) is 6.66. The van der Waals surface area contributed by atoms with Crippen molar-refractivity contribution in [2.24, 2.45) is 5.92 Å². The minimum Gasteiger partial charge on any atom is -0.387 e. The van der Waals surface area contributed by atoms with Crippen molar-refractivity contribution in [3.8, 4) is 0 Å². The zero-order valence-electron chi connectivity index (χ0n) is 11.3. The molecular formula is C14H24N2OS. The van der Waals surface area contributed by atoms with Crippen molar-refractivity contribution < 1.29 is 5.11 Å². The molecule has 3 atom stereocenters. The summed E-state index contributed by atoms with van der Waals surface area (Å²) in [5.74, 6) is 0.707. The largest absolute Gasteiger partial charge is 0.387 e. The van der Waals surface area contributed by atoms with E-state index in [1.807, 2.05) is 16.8 Å². The van der Waals surface area contributed by atoms with Gasteiger partial charge in [-0.05, 0) is 61.7 Å². The van der Waals surface area contributed by atoms with Crippen LogP contribution in [-0.2, 0) is 0 Å². The van der Waals surface area contributed by atoms with Gasteiger partial charge in [0.1, 0.15) is 0 Å². The standard InChI is InChI=1S/C14H24N2OS/c1-11(12-4-3-6-16(2)9-12)15-8-14(17)13-5-7-18-10-13/h5,7,10-12,14-15,17H,3-4,6,8-9H2,1-2H3. The summed E-state index contributed by atoms with van der Waals surface area (Å²) >= 11 is 1.64. The average Bonchev–Trinajstić information content (AvgIpc) is 2.89. The van der Waals surface area contributed by atoms with E-state index in [0.29, 0.717) is 18.5 Å². The van der Waals surface area contributed by atoms with Gasteiger partial charge < -0.3 is 15.3 Å². The van der Waals surface area contributed by atoms with Crippen LogP contribution in [0.3, 0.4) is 0 Å². The lowest BCUT2D eigenvalue weighted by Gasteiger charge is -2.34. The lowest BCUT2D eigenvalue weighted by molar-refractivity contribution is 0.145. The Hall–Kier alpha value is -0.420. The zero-order chi connectivity index (χ0) is 13.0. The van der Waals surface area contributed by atoms with Crippen molar-refractivity contribution in [1.29, 1.82) is 0 Å². The number of hydrogen-bond acceptors (Lipinski definition) is 4. The van der Waals surface area contributed by atoms with E-state index in [1.165, 1.54) is 25.9 Å². The van der Waals surface area contributed by atoms with Crippen LogP contribution < -0.4 is 5.32 Å². The summed E-state index contributed by atoms with van der Waals surface area (Å²) in [4.78, 5) is 2.40. The van der Waals surface area contributed by atoms with Crippen LogP contribution in [-0.4, -0.2) is 42.7 Å². The predicted molar refractivity (Wildman–Crippen MR) is 77.0 cm³/mol. The van der Waals surface area contributed by atoms with E-state index in [1.54, 1.807) is 11.3 Å². The Morgan fingerprint density at radius 1 is 1.61 bits per heavy atom. The van der Waals surface area contributed by atoms with Crippen molar-refractivity contribution in [1.82, 2.24) is 10.2 Å². The van der Waals surface area contributed by atoms with E-state index in [2.05, 4.69) is 24.2 Å². The molecule has 0 radical (unpaired) electrons. The highest BCUT2D eigenvalue weighted by atomic mass is 32.1. The zero-order valence-corrected chi connectivity index (χ0v) is 12.1. The highest BCUT2D eigenvalue weighted by molar-refractivity contribution is 7.07. The SMILES string of the molecule is CC(NCC(O)c1ccsc1)C1CCCN(C)C1. The Morgan fingerprint density at radius 3 is 3.11 bits per heavy atom. The average molecular weight is 268 g/mol. The molecule has 102 valence electrons. The van der Waals surface area contributed by atoms with Gasteiger partial charge in [-0.25, -0.2) is 0 Å². The van der Waals surface area contributed by atoms with Crippen LogP contribution in [0.1, 0.15) is 31.4 Å². The Morgan fingerprint density at radius 2 is 2.44 bits per heavy atom. The Labute approximate surface area is 114 Å². The Kier molecular flexibility index (Phi) is 5.18. The number of likely N-dealkylation sites (tertiary alicyclic amines) is 1.